The molecule has 0 bridgehead atoms. The maximum absolute atomic E-state index is 14.3. The molecule has 182 valence electrons. The van der Waals surface area contributed by atoms with E-state index >= 15 is 0 Å². The number of amides is 1. The third kappa shape index (κ3) is 4.34. The van der Waals surface area contributed by atoms with Gasteiger partial charge in [0.05, 0.1) is 19.3 Å². The van der Waals surface area contributed by atoms with Gasteiger partial charge in [-0.2, -0.15) is 0 Å². The van der Waals surface area contributed by atoms with Gasteiger partial charge in [-0.1, -0.05) is 6.92 Å². The van der Waals surface area contributed by atoms with Gasteiger partial charge >= 0.3 is 0 Å². The molecule has 0 saturated carbocycles. The van der Waals surface area contributed by atoms with Crippen molar-refractivity contribution in [3.63, 3.8) is 0 Å². The molecular formula is C26H31ClFN3O3. The fourth-order valence-electron chi connectivity index (χ4n) is 4.97. The number of carbonyl (C=O) groups excluding carboxylic acids is 1. The number of aryl methyl sites for hydroxylation is 1. The van der Waals surface area contributed by atoms with Crippen LogP contribution in [0.3, 0.4) is 0 Å². The third-order valence-corrected chi connectivity index (χ3v) is 7.00. The number of halogens is 2. The van der Waals surface area contributed by atoms with Crippen LogP contribution in [0.25, 0.3) is 11.3 Å². The molecule has 34 heavy (non-hydrogen) atoms. The highest BCUT2D eigenvalue weighted by atomic mass is 35.5. The molecule has 1 saturated heterocycles. The van der Waals surface area contributed by atoms with Gasteiger partial charge in [-0.25, -0.2) is 4.39 Å². The summed E-state index contributed by atoms with van der Waals surface area (Å²) in [5.41, 5.74) is 3.41. The van der Waals surface area contributed by atoms with E-state index in [0.717, 1.165) is 42.5 Å². The lowest BCUT2D eigenvalue weighted by atomic mass is 9.99. The predicted molar refractivity (Wildman–Crippen MR) is 133 cm³/mol. The molecular weight excluding hydrogens is 457 g/mol. The zero-order valence-electron chi connectivity index (χ0n) is 19.8. The van der Waals surface area contributed by atoms with Crippen molar-refractivity contribution in [3.8, 4) is 22.8 Å². The Balaban J connectivity index is 0.00000274. The minimum Gasteiger partial charge on any atom is -0.493 e. The van der Waals surface area contributed by atoms with Crippen LogP contribution in [-0.2, 0) is 13.6 Å². The second-order valence-corrected chi connectivity index (χ2v) is 9.17. The summed E-state index contributed by atoms with van der Waals surface area (Å²) < 4.78 is 27.8. The number of aromatic nitrogens is 1. The molecule has 0 aromatic heterocycles. The van der Waals surface area contributed by atoms with E-state index in [0.29, 0.717) is 35.8 Å². The quantitative estimate of drug-likeness (QED) is 0.492. The Hall–Kier alpha value is -2.77. The number of carbonyl (C=O) groups is 1. The number of pyridine rings is 1. The van der Waals surface area contributed by atoms with E-state index in [-0.39, 0.29) is 24.1 Å². The molecule has 8 heteroatoms. The maximum atomic E-state index is 14.3. The summed E-state index contributed by atoms with van der Waals surface area (Å²) in [5.74, 6) is 1.64. The van der Waals surface area contributed by atoms with Crippen molar-refractivity contribution in [2.45, 2.75) is 26.3 Å². The van der Waals surface area contributed by atoms with Gasteiger partial charge in [-0.3, -0.25) is 9.69 Å². The summed E-state index contributed by atoms with van der Waals surface area (Å²) in [7, 11) is 3.49. The first-order chi connectivity index (χ1) is 16.0. The Bertz CT molecular complexity index is 1160. The number of ether oxygens (including phenoxy) is 2. The third-order valence-electron chi connectivity index (χ3n) is 7.00. The summed E-state index contributed by atoms with van der Waals surface area (Å²) in [6, 6.07) is 8.66. The number of fused-ring (bicyclic) bond motifs is 3. The van der Waals surface area contributed by atoms with Gasteiger partial charge < -0.3 is 18.9 Å². The Morgan fingerprint density at radius 3 is 2.59 bits per heavy atom. The van der Waals surface area contributed by atoms with Crippen molar-refractivity contribution in [3.05, 3.63) is 53.5 Å². The minimum atomic E-state index is -0.305. The number of benzene rings is 1. The van der Waals surface area contributed by atoms with Gasteiger partial charge in [0.1, 0.15) is 12.4 Å². The van der Waals surface area contributed by atoms with Gasteiger partial charge in [0.15, 0.2) is 11.5 Å². The summed E-state index contributed by atoms with van der Waals surface area (Å²) in [6.45, 7) is 6.35. The van der Waals surface area contributed by atoms with E-state index in [2.05, 4.69) is 11.8 Å². The molecule has 3 aliphatic heterocycles. The van der Waals surface area contributed by atoms with Crippen molar-refractivity contribution < 1.29 is 18.7 Å². The molecule has 0 N–H and O–H groups in total. The van der Waals surface area contributed by atoms with Crippen LogP contribution >= 0.6 is 12.4 Å². The predicted octanol–water partition coefficient (Wildman–Crippen LogP) is 4.97. The summed E-state index contributed by atoms with van der Waals surface area (Å²) in [5, 5.41) is 0. The number of likely N-dealkylation sites (tertiary alicyclic amines) is 1. The average molecular weight is 488 g/mol. The fraction of sp³-hybridized carbons (Fsp3) is 0.423. The number of anilines is 1. The molecule has 5 rings (SSSR count). The molecule has 0 radical (unpaired) electrons. The average Bonchev–Trinajstić information content (AvgIpc) is 3.35. The molecule has 4 aliphatic rings. The van der Waals surface area contributed by atoms with Crippen LogP contribution in [0.2, 0.25) is 0 Å². The second kappa shape index (κ2) is 9.84. The highest BCUT2D eigenvalue weighted by molar-refractivity contribution is 6.13. The first-order valence-electron chi connectivity index (χ1n) is 11.6. The topological polar surface area (TPSA) is 46.9 Å². The molecule has 1 aliphatic carbocycles. The van der Waals surface area contributed by atoms with Crippen molar-refractivity contribution in [2.24, 2.45) is 13.0 Å². The lowest BCUT2D eigenvalue weighted by molar-refractivity contribution is 0.0996. The van der Waals surface area contributed by atoms with Crippen molar-refractivity contribution >= 4 is 24.0 Å². The number of hydrogen-bond acceptors (Lipinski definition) is 4. The number of hydrogen-bond donors (Lipinski definition) is 0. The molecule has 1 amide bonds. The SMILES string of the molecule is COc1ccc(N2Cc3c(cc4c(F)ccn(C)c3-4)C2=O)cc1OCCN1CCC(C)CC1.Cl. The zero-order chi connectivity index (χ0) is 23.1. The number of rotatable bonds is 6. The molecule has 1 aromatic carbocycles. The first kappa shape index (κ1) is 24.4. The number of piperidine rings is 1. The number of nitrogens with zero attached hydrogens (tertiary/aromatic N) is 3. The second-order valence-electron chi connectivity index (χ2n) is 9.17. The normalized spacial score (nSPS) is 16.6. The van der Waals surface area contributed by atoms with E-state index in [4.69, 9.17) is 9.47 Å². The van der Waals surface area contributed by atoms with Gasteiger partial charge in [-0.15, -0.1) is 12.4 Å². The van der Waals surface area contributed by atoms with E-state index in [1.165, 1.54) is 18.9 Å². The largest absolute Gasteiger partial charge is 0.493 e. The van der Waals surface area contributed by atoms with Gasteiger partial charge in [-0.05, 0) is 56.1 Å². The summed E-state index contributed by atoms with van der Waals surface area (Å²) >= 11 is 0. The van der Waals surface area contributed by atoms with Crippen molar-refractivity contribution in [2.75, 3.05) is 38.3 Å². The van der Waals surface area contributed by atoms with Crippen LogP contribution < -0.4 is 14.4 Å². The Morgan fingerprint density at radius 1 is 1.09 bits per heavy atom. The standard InChI is InChI=1S/C26H30FN3O3.ClH/c1-17-6-10-29(11-7-17)12-13-33-24-14-18(4-5-23(24)32-3)30-16-21-19(26(30)31)15-20-22(27)8-9-28(2)25(20)21;/h4-5,8-9,14-15,17H,6-7,10-13,16H2,1-3H3;1H. The maximum Gasteiger partial charge on any atom is 0.259 e. The Kier molecular flexibility index (Phi) is 7.05. The molecule has 0 atom stereocenters. The van der Waals surface area contributed by atoms with Crippen molar-refractivity contribution in [1.29, 1.82) is 0 Å². The van der Waals surface area contributed by atoms with Crippen molar-refractivity contribution in [1.82, 2.24) is 9.47 Å². The van der Waals surface area contributed by atoms with Crippen LogP contribution in [0.4, 0.5) is 10.1 Å². The molecule has 3 heterocycles. The van der Waals surface area contributed by atoms with Crippen LogP contribution in [0.5, 0.6) is 11.5 Å². The van der Waals surface area contributed by atoms with Gasteiger partial charge in [0, 0.05) is 48.2 Å². The zero-order valence-corrected chi connectivity index (χ0v) is 20.7. The molecule has 0 spiro atoms. The van der Waals surface area contributed by atoms with E-state index in [9.17, 15) is 9.18 Å². The van der Waals surface area contributed by atoms with Crippen LogP contribution in [-0.4, -0.2) is 48.7 Å². The Morgan fingerprint density at radius 2 is 1.85 bits per heavy atom. The van der Waals surface area contributed by atoms with Gasteiger partial charge in [0.2, 0.25) is 0 Å². The van der Waals surface area contributed by atoms with Crippen LogP contribution in [0.15, 0.2) is 36.5 Å². The molecule has 1 aromatic rings. The fourth-order valence-corrected chi connectivity index (χ4v) is 4.97. The monoisotopic (exact) mass is 487 g/mol. The highest BCUT2D eigenvalue weighted by Gasteiger charge is 2.35. The Labute approximate surface area is 206 Å². The summed E-state index contributed by atoms with van der Waals surface area (Å²) in [4.78, 5) is 17.4. The van der Waals surface area contributed by atoms with Crippen LogP contribution in [0.1, 0.15) is 35.7 Å². The number of methoxy groups -OCH3 is 1. The van der Waals surface area contributed by atoms with Crippen LogP contribution in [0, 0.1) is 11.7 Å². The lowest BCUT2D eigenvalue weighted by Gasteiger charge is -2.30. The smallest absolute Gasteiger partial charge is 0.259 e. The highest BCUT2D eigenvalue weighted by Crippen LogP contribution is 2.41. The van der Waals surface area contributed by atoms with E-state index in [1.54, 1.807) is 24.3 Å². The molecule has 0 unspecified atom stereocenters. The van der Waals surface area contributed by atoms with E-state index < -0.39 is 0 Å². The lowest BCUT2D eigenvalue weighted by Crippen LogP contribution is -2.35. The minimum absolute atomic E-state index is 0. The van der Waals surface area contributed by atoms with Gasteiger partial charge in [0.25, 0.3) is 5.91 Å². The molecule has 6 nitrogen and oxygen atoms in total. The molecule has 1 fully saturated rings. The first-order valence-corrected chi connectivity index (χ1v) is 11.6. The van der Waals surface area contributed by atoms with E-state index in [1.807, 2.05) is 29.8 Å². The summed E-state index contributed by atoms with van der Waals surface area (Å²) in [6.07, 6.45) is 4.15.